The lowest BCUT2D eigenvalue weighted by Gasteiger charge is -2.29. The van der Waals surface area contributed by atoms with Gasteiger partial charge in [-0.3, -0.25) is 9.59 Å². The summed E-state index contributed by atoms with van der Waals surface area (Å²) in [5.41, 5.74) is 1.91. The summed E-state index contributed by atoms with van der Waals surface area (Å²) in [7, 11) is 0. The van der Waals surface area contributed by atoms with E-state index in [1.165, 1.54) is 23.9 Å². The van der Waals surface area contributed by atoms with Gasteiger partial charge >= 0.3 is 0 Å². The fourth-order valence-electron chi connectivity index (χ4n) is 2.69. The summed E-state index contributed by atoms with van der Waals surface area (Å²) in [5.74, 6) is 0.311. The predicted molar refractivity (Wildman–Crippen MR) is 120 cm³/mol. The molecule has 1 unspecified atom stereocenters. The molecule has 0 heterocycles. The van der Waals surface area contributed by atoms with Gasteiger partial charge in [-0.15, -0.1) is 11.8 Å². The zero-order valence-electron chi connectivity index (χ0n) is 16.8. The van der Waals surface area contributed by atoms with Gasteiger partial charge in [-0.1, -0.05) is 40.2 Å². The normalized spacial score (nSPS) is 11.9. The lowest BCUT2D eigenvalue weighted by atomic mass is 10.1. The molecule has 0 aliphatic heterocycles. The Bertz CT molecular complexity index is 813. The van der Waals surface area contributed by atoms with E-state index in [1.807, 2.05) is 38.1 Å². The number of hydrogen-bond donors (Lipinski definition) is 1. The molecule has 0 bridgehead atoms. The molecular formula is C22H26BrFN2O2S. The average molecular weight is 481 g/mol. The minimum atomic E-state index is -0.622. The smallest absolute Gasteiger partial charge is 0.242 e. The highest BCUT2D eigenvalue weighted by Gasteiger charge is 2.26. The van der Waals surface area contributed by atoms with E-state index in [1.54, 1.807) is 24.0 Å². The molecule has 7 heteroatoms. The topological polar surface area (TPSA) is 49.4 Å². The third kappa shape index (κ3) is 7.82. The number of carbonyl (C=O) groups is 2. The third-order valence-corrected chi connectivity index (χ3v) is 5.79. The first-order chi connectivity index (χ1) is 13.8. The number of rotatable bonds is 9. The zero-order valence-corrected chi connectivity index (χ0v) is 19.2. The van der Waals surface area contributed by atoms with Gasteiger partial charge in [0.05, 0.1) is 5.75 Å². The van der Waals surface area contributed by atoms with Crippen LogP contribution in [0.25, 0.3) is 0 Å². The Morgan fingerprint density at radius 3 is 2.21 bits per heavy atom. The second-order valence-electron chi connectivity index (χ2n) is 7.11. The second-order valence-corrected chi connectivity index (χ2v) is 9.01. The van der Waals surface area contributed by atoms with Crippen molar-refractivity contribution >= 4 is 39.5 Å². The van der Waals surface area contributed by atoms with Crippen LogP contribution in [0.2, 0.25) is 0 Å². The Kier molecular flexibility index (Phi) is 9.17. The first kappa shape index (κ1) is 23.4. The molecule has 0 aromatic heterocycles. The van der Waals surface area contributed by atoms with Gasteiger partial charge in [0.1, 0.15) is 11.9 Å². The number of amides is 2. The van der Waals surface area contributed by atoms with Crippen LogP contribution in [0.1, 0.15) is 31.9 Å². The summed E-state index contributed by atoms with van der Waals surface area (Å²) in [4.78, 5) is 27.0. The maximum Gasteiger partial charge on any atom is 0.242 e. The standard InChI is InChI=1S/C22H26BrFN2O2S/c1-15(2)25-22(28)16(3)26(12-17-6-10-20(24)11-7-17)21(27)14-29-13-18-4-8-19(23)9-5-18/h4-11,15-16H,12-14H2,1-3H3,(H,25,28). The van der Waals surface area contributed by atoms with Gasteiger partial charge in [0, 0.05) is 22.8 Å². The van der Waals surface area contributed by atoms with Gasteiger partial charge in [0.15, 0.2) is 0 Å². The first-order valence-corrected chi connectivity index (χ1v) is 11.4. The van der Waals surface area contributed by atoms with Crippen molar-refractivity contribution in [3.63, 3.8) is 0 Å². The second kappa shape index (κ2) is 11.4. The lowest BCUT2D eigenvalue weighted by Crippen LogP contribution is -2.49. The SMILES string of the molecule is CC(C)NC(=O)C(C)N(Cc1ccc(F)cc1)C(=O)CSCc1ccc(Br)cc1. The van der Waals surface area contributed by atoms with E-state index >= 15 is 0 Å². The van der Waals surface area contributed by atoms with Crippen LogP contribution in [-0.4, -0.2) is 34.6 Å². The van der Waals surface area contributed by atoms with E-state index < -0.39 is 6.04 Å². The molecule has 0 saturated carbocycles. The zero-order chi connectivity index (χ0) is 21.4. The maximum atomic E-state index is 13.2. The van der Waals surface area contributed by atoms with Gasteiger partial charge in [-0.05, 0) is 56.2 Å². The van der Waals surface area contributed by atoms with Crippen molar-refractivity contribution in [2.24, 2.45) is 0 Å². The summed E-state index contributed by atoms with van der Waals surface area (Å²) in [6, 6.07) is 13.3. The fraction of sp³-hybridized carbons (Fsp3) is 0.364. The monoisotopic (exact) mass is 480 g/mol. The van der Waals surface area contributed by atoms with E-state index in [0.29, 0.717) is 5.75 Å². The van der Waals surface area contributed by atoms with Gasteiger partial charge in [-0.25, -0.2) is 4.39 Å². The number of hydrogen-bond acceptors (Lipinski definition) is 3. The van der Waals surface area contributed by atoms with Crippen molar-refractivity contribution in [2.45, 2.75) is 45.2 Å². The molecule has 2 aromatic carbocycles. The van der Waals surface area contributed by atoms with E-state index in [-0.39, 0.29) is 36.0 Å². The summed E-state index contributed by atoms with van der Waals surface area (Å²) < 4.78 is 14.2. The highest BCUT2D eigenvalue weighted by atomic mass is 79.9. The Labute approximate surface area is 184 Å². The number of benzene rings is 2. The Hall–Kier alpha value is -1.86. The molecule has 4 nitrogen and oxygen atoms in total. The van der Waals surface area contributed by atoms with E-state index in [2.05, 4.69) is 21.2 Å². The molecule has 0 spiro atoms. The van der Waals surface area contributed by atoms with Gasteiger partial charge in [0.25, 0.3) is 0 Å². The molecule has 0 aliphatic rings. The average Bonchev–Trinajstić information content (AvgIpc) is 2.68. The number of halogens is 2. The number of thioether (sulfide) groups is 1. The van der Waals surface area contributed by atoms with Gasteiger partial charge in [-0.2, -0.15) is 0 Å². The quantitative estimate of drug-likeness (QED) is 0.562. The lowest BCUT2D eigenvalue weighted by molar-refractivity contribution is -0.138. The Balaban J connectivity index is 2.05. The van der Waals surface area contributed by atoms with Crippen LogP contribution in [0, 0.1) is 5.82 Å². The number of nitrogens with zero attached hydrogens (tertiary/aromatic N) is 1. The Morgan fingerprint density at radius 2 is 1.62 bits per heavy atom. The minimum absolute atomic E-state index is 0.0143. The van der Waals surface area contributed by atoms with Crippen molar-refractivity contribution in [3.8, 4) is 0 Å². The number of nitrogens with one attached hydrogen (secondary N) is 1. The van der Waals surface area contributed by atoms with E-state index in [0.717, 1.165) is 15.6 Å². The summed E-state index contributed by atoms with van der Waals surface area (Å²) in [6.07, 6.45) is 0. The van der Waals surface area contributed by atoms with Crippen molar-refractivity contribution in [3.05, 3.63) is 69.9 Å². The number of carbonyl (C=O) groups excluding carboxylic acids is 2. The van der Waals surface area contributed by atoms with Crippen LogP contribution in [0.4, 0.5) is 4.39 Å². The van der Waals surface area contributed by atoms with Crippen molar-refractivity contribution in [1.82, 2.24) is 10.2 Å². The van der Waals surface area contributed by atoms with Crippen molar-refractivity contribution in [1.29, 1.82) is 0 Å². The molecule has 29 heavy (non-hydrogen) atoms. The molecule has 1 N–H and O–H groups in total. The van der Waals surface area contributed by atoms with Crippen LogP contribution >= 0.6 is 27.7 Å². The van der Waals surface area contributed by atoms with E-state index in [4.69, 9.17) is 0 Å². The molecule has 156 valence electrons. The van der Waals surface area contributed by atoms with Crippen LogP contribution in [0.15, 0.2) is 53.0 Å². The van der Waals surface area contributed by atoms with Crippen LogP contribution < -0.4 is 5.32 Å². The molecule has 2 amide bonds. The molecule has 1 atom stereocenters. The predicted octanol–water partition coefficient (Wildman–Crippen LogP) is 4.76. The Morgan fingerprint density at radius 1 is 1.03 bits per heavy atom. The third-order valence-electron chi connectivity index (χ3n) is 4.27. The van der Waals surface area contributed by atoms with Crippen molar-refractivity contribution in [2.75, 3.05) is 5.75 Å². The van der Waals surface area contributed by atoms with E-state index in [9.17, 15) is 14.0 Å². The highest BCUT2D eigenvalue weighted by Crippen LogP contribution is 2.18. The molecular weight excluding hydrogens is 455 g/mol. The molecule has 2 aromatic rings. The largest absolute Gasteiger partial charge is 0.352 e. The minimum Gasteiger partial charge on any atom is -0.352 e. The molecule has 0 fully saturated rings. The molecule has 0 radical (unpaired) electrons. The van der Waals surface area contributed by atoms with Crippen LogP contribution in [0.5, 0.6) is 0 Å². The van der Waals surface area contributed by atoms with Crippen LogP contribution in [-0.2, 0) is 21.9 Å². The maximum absolute atomic E-state index is 13.2. The summed E-state index contributed by atoms with van der Waals surface area (Å²) in [6.45, 7) is 5.73. The fourth-order valence-corrected chi connectivity index (χ4v) is 3.83. The van der Waals surface area contributed by atoms with Crippen molar-refractivity contribution < 1.29 is 14.0 Å². The molecule has 0 saturated heterocycles. The molecule has 2 rings (SSSR count). The highest BCUT2D eigenvalue weighted by molar-refractivity contribution is 9.10. The summed E-state index contributed by atoms with van der Waals surface area (Å²) in [5, 5.41) is 2.86. The first-order valence-electron chi connectivity index (χ1n) is 9.42. The van der Waals surface area contributed by atoms with Crippen LogP contribution in [0.3, 0.4) is 0 Å². The summed E-state index contributed by atoms with van der Waals surface area (Å²) >= 11 is 4.92. The van der Waals surface area contributed by atoms with Gasteiger partial charge < -0.3 is 10.2 Å². The van der Waals surface area contributed by atoms with Gasteiger partial charge in [0.2, 0.25) is 11.8 Å². The molecule has 0 aliphatic carbocycles.